The molecule has 0 radical (unpaired) electrons. The molecule has 1 aliphatic heterocycles. The van der Waals surface area contributed by atoms with Gasteiger partial charge in [-0.3, -0.25) is 4.79 Å². The molecule has 8 nitrogen and oxygen atoms in total. The number of nitrogens with one attached hydrogen (secondary N) is 1. The van der Waals surface area contributed by atoms with E-state index in [0.29, 0.717) is 25.7 Å². The summed E-state index contributed by atoms with van der Waals surface area (Å²) in [5, 5.41) is 12.0. The molecule has 1 saturated carbocycles. The van der Waals surface area contributed by atoms with Crippen LogP contribution in [0.2, 0.25) is 0 Å². The summed E-state index contributed by atoms with van der Waals surface area (Å²) in [6.07, 6.45) is 6.73. The van der Waals surface area contributed by atoms with Gasteiger partial charge in [0.15, 0.2) is 11.8 Å². The van der Waals surface area contributed by atoms with Gasteiger partial charge in [-0.25, -0.2) is 4.99 Å². The van der Waals surface area contributed by atoms with Gasteiger partial charge in [0.25, 0.3) is 0 Å². The van der Waals surface area contributed by atoms with Crippen molar-refractivity contribution in [3.8, 4) is 0 Å². The first-order valence-corrected chi connectivity index (χ1v) is 10.2. The van der Waals surface area contributed by atoms with Crippen molar-refractivity contribution in [1.82, 2.24) is 25.0 Å². The average Bonchev–Trinajstić information content (AvgIpc) is 3.30. The van der Waals surface area contributed by atoms with E-state index >= 15 is 0 Å². The predicted octanol–water partition coefficient (Wildman–Crippen LogP) is 2.40. The fraction of sp³-hybridized carbons (Fsp3) is 0.789. The summed E-state index contributed by atoms with van der Waals surface area (Å²) in [5.74, 6) is 2.44. The smallest absolute Gasteiger partial charge is 0.310 e. The molecule has 0 aromatic carbocycles. The largest absolute Gasteiger partial charge is 0.466 e. The molecule has 3 rings (SSSR count). The van der Waals surface area contributed by atoms with Gasteiger partial charge in [0.1, 0.15) is 12.4 Å². The molecule has 1 aromatic rings. The Morgan fingerprint density at radius 1 is 1.25 bits per heavy atom. The van der Waals surface area contributed by atoms with Crippen LogP contribution >= 0.6 is 24.0 Å². The van der Waals surface area contributed by atoms with Crippen molar-refractivity contribution in [2.45, 2.75) is 65.0 Å². The van der Waals surface area contributed by atoms with Gasteiger partial charge in [0.2, 0.25) is 0 Å². The SMILES string of the molecule is CCOC(=O)C1CCCN(C(=NCc2nnc(C)n2C)NC2CCCC2)C1.I. The molecule has 2 fully saturated rings. The first-order valence-electron chi connectivity index (χ1n) is 10.2. The number of likely N-dealkylation sites (tertiary alicyclic amines) is 1. The highest BCUT2D eigenvalue weighted by molar-refractivity contribution is 14.0. The number of nitrogens with zero attached hydrogens (tertiary/aromatic N) is 5. The molecule has 0 spiro atoms. The quantitative estimate of drug-likeness (QED) is 0.287. The first-order chi connectivity index (χ1) is 13.1. The molecule has 1 atom stereocenters. The van der Waals surface area contributed by atoms with Gasteiger partial charge in [-0.05, 0) is 39.5 Å². The minimum atomic E-state index is -0.0913. The highest BCUT2D eigenvalue weighted by atomic mass is 127. The molecule has 9 heteroatoms. The zero-order valence-corrected chi connectivity index (χ0v) is 19.5. The minimum absolute atomic E-state index is 0. The summed E-state index contributed by atoms with van der Waals surface area (Å²) in [6, 6.07) is 0.466. The van der Waals surface area contributed by atoms with Gasteiger partial charge in [-0.2, -0.15) is 0 Å². The second-order valence-electron chi connectivity index (χ2n) is 7.53. The van der Waals surface area contributed by atoms with Gasteiger partial charge in [0, 0.05) is 26.2 Å². The lowest BCUT2D eigenvalue weighted by Crippen LogP contribution is -2.50. The van der Waals surface area contributed by atoms with E-state index < -0.39 is 0 Å². The van der Waals surface area contributed by atoms with E-state index in [-0.39, 0.29) is 35.9 Å². The van der Waals surface area contributed by atoms with E-state index in [2.05, 4.69) is 20.4 Å². The summed E-state index contributed by atoms with van der Waals surface area (Å²) in [4.78, 5) is 19.3. The zero-order valence-electron chi connectivity index (χ0n) is 17.2. The average molecular weight is 504 g/mol. The number of guanidine groups is 1. The van der Waals surface area contributed by atoms with Crippen LogP contribution in [0.25, 0.3) is 0 Å². The van der Waals surface area contributed by atoms with Crippen molar-refractivity contribution in [2.75, 3.05) is 19.7 Å². The number of piperidine rings is 1. The Hall–Kier alpha value is -1.39. The maximum Gasteiger partial charge on any atom is 0.310 e. The van der Waals surface area contributed by atoms with Crippen molar-refractivity contribution < 1.29 is 9.53 Å². The monoisotopic (exact) mass is 504 g/mol. The predicted molar refractivity (Wildman–Crippen MR) is 119 cm³/mol. The Morgan fingerprint density at radius 2 is 2.00 bits per heavy atom. The Labute approximate surface area is 184 Å². The molecular weight excluding hydrogens is 471 g/mol. The maximum atomic E-state index is 12.2. The van der Waals surface area contributed by atoms with E-state index in [1.807, 2.05) is 25.5 Å². The van der Waals surface area contributed by atoms with Crippen molar-refractivity contribution in [1.29, 1.82) is 0 Å². The van der Waals surface area contributed by atoms with Crippen molar-refractivity contribution >= 4 is 35.9 Å². The van der Waals surface area contributed by atoms with Crippen LogP contribution in [0.1, 0.15) is 57.1 Å². The third kappa shape index (κ3) is 5.81. The highest BCUT2D eigenvalue weighted by Gasteiger charge is 2.29. The molecule has 0 amide bonds. The second kappa shape index (κ2) is 11.0. The number of halogens is 1. The van der Waals surface area contributed by atoms with Crippen molar-refractivity contribution in [2.24, 2.45) is 18.0 Å². The van der Waals surface area contributed by atoms with Gasteiger partial charge in [0.05, 0.1) is 12.5 Å². The summed E-state index contributed by atoms with van der Waals surface area (Å²) in [5.41, 5.74) is 0. The molecule has 1 saturated heterocycles. The number of aliphatic imine (C=N–C) groups is 1. The number of rotatable bonds is 5. The number of hydrogen-bond donors (Lipinski definition) is 1. The van der Waals surface area contributed by atoms with Gasteiger partial charge < -0.3 is 19.5 Å². The highest BCUT2D eigenvalue weighted by Crippen LogP contribution is 2.21. The maximum absolute atomic E-state index is 12.2. The Morgan fingerprint density at radius 3 is 2.64 bits per heavy atom. The van der Waals surface area contributed by atoms with Gasteiger partial charge >= 0.3 is 5.97 Å². The fourth-order valence-corrected chi connectivity index (χ4v) is 3.85. The van der Waals surface area contributed by atoms with Crippen LogP contribution in [0.15, 0.2) is 4.99 Å². The van der Waals surface area contributed by atoms with Crippen LogP contribution in [0.4, 0.5) is 0 Å². The number of aromatic nitrogens is 3. The summed E-state index contributed by atoms with van der Waals surface area (Å²) >= 11 is 0. The van der Waals surface area contributed by atoms with E-state index in [1.54, 1.807) is 0 Å². The Bertz CT molecular complexity index is 671. The Balaban J connectivity index is 0.00000280. The molecule has 1 N–H and O–H groups in total. The van der Waals surface area contributed by atoms with E-state index in [1.165, 1.54) is 25.7 Å². The lowest BCUT2D eigenvalue weighted by Gasteiger charge is -2.35. The topological polar surface area (TPSA) is 84.6 Å². The molecule has 1 aromatic heterocycles. The van der Waals surface area contributed by atoms with Crippen LogP contribution in [0, 0.1) is 12.8 Å². The van der Waals surface area contributed by atoms with Crippen LogP contribution in [0.5, 0.6) is 0 Å². The summed E-state index contributed by atoms with van der Waals surface area (Å²) in [7, 11) is 1.96. The number of aryl methyl sites for hydroxylation is 1. The molecule has 2 heterocycles. The lowest BCUT2D eigenvalue weighted by molar-refractivity contribution is -0.149. The van der Waals surface area contributed by atoms with Crippen LogP contribution in [-0.4, -0.2) is 57.3 Å². The number of carbonyl (C=O) groups is 1. The molecule has 28 heavy (non-hydrogen) atoms. The summed E-state index contributed by atoms with van der Waals surface area (Å²) < 4.78 is 7.21. The van der Waals surface area contributed by atoms with Gasteiger partial charge in [-0.15, -0.1) is 34.2 Å². The molecule has 1 aliphatic carbocycles. The van der Waals surface area contributed by atoms with Crippen LogP contribution in [0.3, 0.4) is 0 Å². The Kier molecular flexibility index (Phi) is 8.97. The number of esters is 1. The molecule has 2 aliphatic rings. The second-order valence-corrected chi connectivity index (χ2v) is 7.53. The van der Waals surface area contributed by atoms with Crippen molar-refractivity contribution in [3.63, 3.8) is 0 Å². The normalized spacial score (nSPS) is 20.8. The minimum Gasteiger partial charge on any atom is -0.466 e. The summed E-state index contributed by atoms with van der Waals surface area (Å²) in [6.45, 7) is 6.28. The fourth-order valence-electron chi connectivity index (χ4n) is 3.85. The molecule has 158 valence electrons. The zero-order chi connectivity index (χ0) is 19.2. The van der Waals surface area contributed by atoms with Crippen molar-refractivity contribution in [3.05, 3.63) is 11.6 Å². The number of carbonyl (C=O) groups excluding carboxylic acids is 1. The van der Waals surface area contributed by atoms with E-state index in [9.17, 15) is 4.79 Å². The van der Waals surface area contributed by atoms with E-state index in [0.717, 1.165) is 37.0 Å². The standard InChI is InChI=1S/C19H32N6O2.HI/c1-4-27-18(26)15-8-7-11-25(13-15)19(21-16-9-5-6-10-16)20-12-17-23-22-14(2)24(17)3;/h15-16H,4-13H2,1-3H3,(H,20,21);1H. The number of hydrogen-bond acceptors (Lipinski definition) is 5. The lowest BCUT2D eigenvalue weighted by atomic mass is 9.98. The third-order valence-corrected chi connectivity index (χ3v) is 5.58. The number of ether oxygens (including phenoxy) is 1. The third-order valence-electron chi connectivity index (χ3n) is 5.58. The first kappa shape index (κ1) is 22.9. The van der Waals surface area contributed by atoms with Crippen LogP contribution < -0.4 is 5.32 Å². The van der Waals surface area contributed by atoms with E-state index in [4.69, 9.17) is 9.73 Å². The molecular formula is C19H33IN6O2. The van der Waals surface area contributed by atoms with Gasteiger partial charge in [-0.1, -0.05) is 12.8 Å². The van der Waals surface area contributed by atoms with Crippen LogP contribution in [-0.2, 0) is 23.1 Å². The molecule has 0 bridgehead atoms. The molecule has 1 unspecified atom stereocenters.